The highest BCUT2D eigenvalue weighted by Gasteiger charge is 2.61. The molecule has 8 heteroatoms. The Morgan fingerprint density at radius 3 is 2.69 bits per heavy atom. The van der Waals surface area contributed by atoms with Crippen LogP contribution in [0.5, 0.6) is 0 Å². The third kappa shape index (κ3) is 2.00. The van der Waals surface area contributed by atoms with E-state index in [1.165, 1.54) is 6.21 Å². The van der Waals surface area contributed by atoms with Crippen LogP contribution in [-0.2, 0) is 4.79 Å². The molecule has 1 aliphatic heterocycles. The van der Waals surface area contributed by atoms with Gasteiger partial charge in [-0.15, -0.1) is 0 Å². The number of carbonyl (C=O) groups excluding carboxylic acids is 1. The number of nitrogens with one attached hydrogen (secondary N) is 2. The monoisotopic (exact) mass is 391 g/mol. The van der Waals surface area contributed by atoms with Crippen molar-refractivity contribution in [2.24, 2.45) is 16.7 Å². The van der Waals surface area contributed by atoms with Gasteiger partial charge in [-0.05, 0) is 25.8 Å². The maximum Gasteiger partial charge on any atom is 0.231 e. The second-order valence-electron chi connectivity index (χ2n) is 7.43. The van der Waals surface area contributed by atoms with E-state index in [2.05, 4.69) is 5.10 Å². The minimum atomic E-state index is -0.701. The first-order valence-corrected chi connectivity index (χ1v) is 9.19. The second kappa shape index (κ2) is 5.54. The number of halogens is 2. The number of carbonyl (C=O) groups is 1. The molecule has 26 heavy (non-hydrogen) atoms. The summed E-state index contributed by atoms with van der Waals surface area (Å²) in [7, 11) is 0. The Hall–Kier alpha value is -1.92. The molecule has 0 radical (unpaired) electrons. The third-order valence-electron chi connectivity index (χ3n) is 6.18. The third-order valence-corrected chi connectivity index (χ3v) is 6.73. The summed E-state index contributed by atoms with van der Waals surface area (Å²) in [5.74, 6) is -0.403. The van der Waals surface area contributed by atoms with Crippen molar-refractivity contribution in [2.45, 2.75) is 26.3 Å². The van der Waals surface area contributed by atoms with Crippen LogP contribution in [0.4, 0.5) is 0 Å². The van der Waals surface area contributed by atoms with E-state index < -0.39 is 10.8 Å². The molecule has 0 aromatic carbocycles. The maximum absolute atomic E-state index is 12.9. The van der Waals surface area contributed by atoms with Gasteiger partial charge in [0.25, 0.3) is 0 Å². The van der Waals surface area contributed by atoms with Crippen molar-refractivity contribution >= 4 is 46.2 Å². The molecule has 0 bridgehead atoms. The van der Waals surface area contributed by atoms with Crippen LogP contribution >= 0.6 is 23.2 Å². The quantitative estimate of drug-likeness (QED) is 0.594. The number of rotatable bonds is 5. The lowest BCUT2D eigenvalue weighted by molar-refractivity contribution is -0.133. The zero-order chi connectivity index (χ0) is 18.9. The topological polar surface area (TPSA) is 85.8 Å². The number of hydrogen-bond acceptors (Lipinski definition) is 4. The van der Waals surface area contributed by atoms with Gasteiger partial charge in [-0.1, -0.05) is 35.4 Å². The summed E-state index contributed by atoms with van der Waals surface area (Å²) in [5.41, 5.74) is 0.678. The lowest BCUT2D eigenvalue weighted by Gasteiger charge is -2.49. The van der Waals surface area contributed by atoms with Gasteiger partial charge in [-0.25, -0.2) is 4.68 Å². The molecule has 1 aromatic rings. The molecule has 3 aliphatic rings. The van der Waals surface area contributed by atoms with Gasteiger partial charge in [0.15, 0.2) is 0 Å². The maximum atomic E-state index is 12.9. The van der Waals surface area contributed by atoms with Gasteiger partial charge in [0, 0.05) is 25.0 Å². The van der Waals surface area contributed by atoms with E-state index in [1.807, 2.05) is 26.0 Å². The van der Waals surface area contributed by atoms with Crippen LogP contribution in [-0.4, -0.2) is 44.6 Å². The Morgan fingerprint density at radius 1 is 1.54 bits per heavy atom. The van der Waals surface area contributed by atoms with Crippen LogP contribution in [0.25, 0.3) is 5.70 Å². The van der Waals surface area contributed by atoms with Gasteiger partial charge in [0.1, 0.15) is 5.17 Å². The van der Waals surface area contributed by atoms with Crippen molar-refractivity contribution in [1.29, 1.82) is 10.8 Å². The first kappa shape index (κ1) is 17.5. The van der Waals surface area contributed by atoms with E-state index in [4.69, 9.17) is 34.0 Å². The Morgan fingerprint density at radius 2 is 2.27 bits per heavy atom. The van der Waals surface area contributed by atoms with Gasteiger partial charge in [-0.2, -0.15) is 5.10 Å². The predicted octanol–water partition coefficient (Wildman–Crippen LogP) is 3.43. The lowest BCUT2D eigenvalue weighted by atomic mass is 9.64. The Kier molecular flexibility index (Phi) is 3.72. The van der Waals surface area contributed by atoms with Crippen LogP contribution in [0.3, 0.4) is 0 Å². The molecule has 0 spiro atoms. The molecule has 1 amide bonds. The molecule has 2 N–H and O–H groups in total. The summed E-state index contributed by atoms with van der Waals surface area (Å²) >= 11 is 12.0. The summed E-state index contributed by atoms with van der Waals surface area (Å²) in [4.78, 5) is 14.7. The minimum absolute atomic E-state index is 0.00336. The SMILES string of the molecule is CC1=C(n2cc(Cl)cn2)C(C=N)(C(C)N2CC3(C(=N)Cl)C=CC3C2=O)C1. The van der Waals surface area contributed by atoms with Crippen molar-refractivity contribution in [1.82, 2.24) is 14.7 Å². The highest BCUT2D eigenvalue weighted by molar-refractivity contribution is 6.66. The van der Waals surface area contributed by atoms with Crippen molar-refractivity contribution in [3.8, 4) is 0 Å². The molecule has 1 saturated heterocycles. The molecule has 1 aromatic heterocycles. The van der Waals surface area contributed by atoms with E-state index in [9.17, 15) is 4.79 Å². The Bertz CT molecular complexity index is 903. The molecule has 2 aliphatic carbocycles. The van der Waals surface area contributed by atoms with Crippen LogP contribution in [0.1, 0.15) is 20.3 Å². The fourth-order valence-corrected chi connectivity index (χ4v) is 4.99. The van der Waals surface area contributed by atoms with E-state index >= 15 is 0 Å². The summed E-state index contributed by atoms with van der Waals surface area (Å²) in [6.45, 7) is 4.33. The van der Waals surface area contributed by atoms with Gasteiger partial charge in [-0.3, -0.25) is 10.2 Å². The first-order chi connectivity index (χ1) is 12.3. The Labute approximate surface area is 161 Å². The number of fused-ring (bicyclic) bond motifs is 1. The zero-order valence-electron chi connectivity index (χ0n) is 14.5. The van der Waals surface area contributed by atoms with Crippen molar-refractivity contribution in [3.05, 3.63) is 35.1 Å². The fraction of sp³-hybridized carbons (Fsp3) is 0.444. The summed E-state index contributed by atoms with van der Waals surface area (Å²) in [6.07, 6.45) is 9.04. The standard InChI is InChI=1S/C18H19Cl2N5O/c1-10-5-18(8-21,14(10)25-7-12(19)6-23-25)11(2)24-9-17(16(20)22)4-3-13(17)15(24)26/h3-4,6-8,11,13,21-22H,5,9H2,1-2H3. The molecule has 4 atom stereocenters. The van der Waals surface area contributed by atoms with Crippen LogP contribution in [0.2, 0.25) is 5.02 Å². The van der Waals surface area contributed by atoms with E-state index in [0.29, 0.717) is 18.0 Å². The summed E-state index contributed by atoms with van der Waals surface area (Å²) in [5, 5.41) is 20.9. The summed E-state index contributed by atoms with van der Waals surface area (Å²) in [6, 6.07) is -0.255. The average Bonchev–Trinajstić information content (AvgIpc) is 3.03. The highest BCUT2D eigenvalue weighted by atomic mass is 35.5. The van der Waals surface area contributed by atoms with E-state index in [1.54, 1.807) is 22.0 Å². The number of hydrogen-bond donors (Lipinski definition) is 2. The van der Waals surface area contributed by atoms with Crippen LogP contribution in [0, 0.1) is 27.6 Å². The van der Waals surface area contributed by atoms with Gasteiger partial charge >= 0.3 is 0 Å². The van der Waals surface area contributed by atoms with Gasteiger partial charge in [0.05, 0.1) is 33.7 Å². The second-order valence-corrected chi connectivity index (χ2v) is 8.24. The summed E-state index contributed by atoms with van der Waals surface area (Å²) < 4.78 is 1.70. The molecule has 4 unspecified atom stereocenters. The fourth-order valence-electron chi connectivity index (χ4n) is 4.62. The predicted molar refractivity (Wildman–Crippen MR) is 102 cm³/mol. The zero-order valence-corrected chi connectivity index (χ0v) is 16.0. The molecule has 2 heterocycles. The van der Waals surface area contributed by atoms with Crippen LogP contribution in [0.15, 0.2) is 30.1 Å². The normalized spacial score (nSPS) is 33.6. The molecule has 6 nitrogen and oxygen atoms in total. The lowest BCUT2D eigenvalue weighted by Crippen LogP contribution is -2.53. The molecule has 1 fully saturated rings. The van der Waals surface area contributed by atoms with E-state index in [0.717, 1.165) is 11.3 Å². The van der Waals surface area contributed by atoms with E-state index in [-0.39, 0.29) is 23.0 Å². The van der Waals surface area contributed by atoms with Crippen LogP contribution < -0.4 is 0 Å². The van der Waals surface area contributed by atoms with Crippen molar-refractivity contribution < 1.29 is 4.79 Å². The van der Waals surface area contributed by atoms with Gasteiger partial charge < -0.3 is 10.3 Å². The number of likely N-dealkylation sites (tertiary alicyclic amines) is 1. The molecule has 0 saturated carbocycles. The molecular formula is C18H19Cl2N5O. The molecule has 136 valence electrons. The number of nitrogens with zero attached hydrogens (tertiary/aromatic N) is 3. The van der Waals surface area contributed by atoms with Gasteiger partial charge in [0.2, 0.25) is 5.91 Å². The van der Waals surface area contributed by atoms with Crippen molar-refractivity contribution in [3.63, 3.8) is 0 Å². The van der Waals surface area contributed by atoms with Crippen molar-refractivity contribution in [2.75, 3.05) is 6.54 Å². The molecule has 4 rings (SSSR count). The number of amides is 1. The average molecular weight is 392 g/mol. The number of aromatic nitrogens is 2. The number of allylic oxidation sites excluding steroid dienone is 1. The molecular weight excluding hydrogens is 373 g/mol. The highest BCUT2D eigenvalue weighted by Crippen LogP contribution is 2.55. The smallest absolute Gasteiger partial charge is 0.231 e. The first-order valence-electron chi connectivity index (χ1n) is 8.43. The minimum Gasteiger partial charge on any atom is -0.337 e. The largest absolute Gasteiger partial charge is 0.337 e. The Balaban J connectivity index is 1.70.